The molecule has 0 radical (unpaired) electrons. The number of hydrogen-bond donors (Lipinski definition) is 0. The van der Waals surface area contributed by atoms with Gasteiger partial charge in [-0.25, -0.2) is 0 Å². The fourth-order valence-corrected chi connectivity index (χ4v) is 9.44. The minimum absolute atomic E-state index is 0.268. The molecule has 0 bridgehead atoms. The van der Waals surface area contributed by atoms with E-state index in [0.717, 1.165) is 38.6 Å². The van der Waals surface area contributed by atoms with E-state index in [4.69, 9.17) is 19.4 Å². The first kappa shape index (κ1) is 25.7. The van der Waals surface area contributed by atoms with Crippen molar-refractivity contribution >= 4 is 77.3 Å². The van der Waals surface area contributed by atoms with Gasteiger partial charge >= 0.3 is 224 Å². The molecule has 3 aromatic heterocycles. The Morgan fingerprint density at radius 1 is 0.435 bits per heavy atom. The molecule has 0 fully saturated rings. The third-order valence-electron chi connectivity index (χ3n) is 8.91. The minimum atomic E-state index is 0.268. The summed E-state index contributed by atoms with van der Waals surface area (Å²) in [5, 5.41) is 9.88. The number of hydrogen-bond acceptors (Lipinski definition) is 4. The number of para-hydroxylation sites is 1. The molecule has 0 aliphatic carbocycles. The number of rotatable bonds is 3. The number of fused-ring (bicyclic) bond motifs is 10. The zero-order valence-corrected chi connectivity index (χ0v) is 26.2. The zero-order valence-electron chi connectivity index (χ0n) is 24.4. The molecule has 46 heavy (non-hydrogen) atoms. The second kappa shape index (κ2) is 9.95. The van der Waals surface area contributed by atoms with Crippen molar-refractivity contribution in [3.8, 4) is 34.2 Å². The van der Waals surface area contributed by atoms with Crippen LogP contribution in [0, 0.1) is 0 Å². The molecule has 0 aliphatic heterocycles. The number of nitrogens with zero attached hydrogens (tertiary/aromatic N) is 3. The van der Waals surface area contributed by atoms with Crippen LogP contribution in [0.15, 0.2) is 144 Å². The van der Waals surface area contributed by atoms with Gasteiger partial charge in [-0.2, -0.15) is 0 Å². The quantitative estimate of drug-likeness (QED) is 0.141. The summed E-state index contributed by atoms with van der Waals surface area (Å²) in [5.74, 6) is 1.91. The van der Waals surface area contributed by atoms with Gasteiger partial charge in [0.25, 0.3) is 0 Å². The molecule has 0 N–H and O–H groups in total. The summed E-state index contributed by atoms with van der Waals surface area (Å²) in [6.07, 6.45) is 0. The molecule has 0 aliphatic rings. The monoisotopic (exact) mass is 653 g/mol. The Bertz CT molecular complexity index is 2820. The van der Waals surface area contributed by atoms with E-state index in [0.29, 0.717) is 17.5 Å². The van der Waals surface area contributed by atoms with E-state index < -0.39 is 0 Å². The summed E-state index contributed by atoms with van der Waals surface area (Å²) < 4.78 is 9.14. The van der Waals surface area contributed by atoms with Gasteiger partial charge in [-0.3, -0.25) is 0 Å². The molecular weight excluding hydrogens is 629 g/mol. The molecule has 4 nitrogen and oxygen atoms in total. The SMILES string of the molecule is c1ccc(-c2nc(-c3ccc4c(ccc5ccc6c7ccccc7[se]c6c54)c3)nc(-c3cccc4oc5ccccc5c34)n2)cc1. The summed E-state index contributed by atoms with van der Waals surface area (Å²) in [6, 6.07) is 48.9. The molecule has 5 heteroatoms. The third kappa shape index (κ3) is 3.89. The van der Waals surface area contributed by atoms with E-state index in [1.807, 2.05) is 60.7 Å². The Labute approximate surface area is 269 Å². The average Bonchev–Trinajstić information content (AvgIpc) is 3.70. The molecule has 214 valence electrons. The van der Waals surface area contributed by atoms with E-state index in [1.54, 1.807) is 0 Å². The van der Waals surface area contributed by atoms with Crippen molar-refractivity contribution < 1.29 is 4.42 Å². The Kier molecular flexibility index (Phi) is 5.56. The van der Waals surface area contributed by atoms with Crippen LogP contribution in [0.5, 0.6) is 0 Å². The van der Waals surface area contributed by atoms with Crippen LogP contribution < -0.4 is 0 Å². The maximum atomic E-state index is 6.21. The van der Waals surface area contributed by atoms with Crippen molar-refractivity contribution in [2.75, 3.05) is 0 Å². The molecule has 10 rings (SSSR count). The molecule has 3 heterocycles. The molecular formula is C41H23N3OSe. The molecule has 0 unspecified atom stereocenters. The molecule has 0 atom stereocenters. The Morgan fingerprint density at radius 2 is 1.13 bits per heavy atom. The van der Waals surface area contributed by atoms with Gasteiger partial charge < -0.3 is 4.42 Å². The van der Waals surface area contributed by atoms with Crippen LogP contribution in [0.25, 0.3) is 96.9 Å². The van der Waals surface area contributed by atoms with Crippen molar-refractivity contribution in [3.05, 3.63) is 140 Å². The van der Waals surface area contributed by atoms with Crippen LogP contribution in [-0.2, 0) is 0 Å². The fourth-order valence-electron chi connectivity index (χ4n) is 6.77. The van der Waals surface area contributed by atoms with Crippen LogP contribution in [-0.4, -0.2) is 29.5 Å². The van der Waals surface area contributed by atoms with E-state index in [9.17, 15) is 0 Å². The van der Waals surface area contributed by atoms with E-state index >= 15 is 0 Å². The van der Waals surface area contributed by atoms with Crippen LogP contribution in [0.3, 0.4) is 0 Å². The van der Waals surface area contributed by atoms with Gasteiger partial charge in [0.05, 0.1) is 0 Å². The van der Waals surface area contributed by atoms with Crippen LogP contribution in [0.1, 0.15) is 0 Å². The second-order valence-corrected chi connectivity index (χ2v) is 13.8. The molecule has 0 saturated heterocycles. The predicted octanol–water partition coefficient (Wildman–Crippen LogP) is 10.4. The molecule has 10 aromatic rings. The normalized spacial score (nSPS) is 11.9. The van der Waals surface area contributed by atoms with Crippen molar-refractivity contribution in [1.29, 1.82) is 0 Å². The van der Waals surface area contributed by atoms with Gasteiger partial charge in [0.2, 0.25) is 0 Å². The van der Waals surface area contributed by atoms with Gasteiger partial charge in [-0.1, -0.05) is 24.3 Å². The van der Waals surface area contributed by atoms with Gasteiger partial charge in [-0.05, 0) is 12.1 Å². The molecule has 7 aromatic carbocycles. The maximum absolute atomic E-state index is 6.21. The number of aromatic nitrogens is 3. The van der Waals surface area contributed by atoms with Crippen LogP contribution >= 0.6 is 0 Å². The Hall–Kier alpha value is -5.61. The van der Waals surface area contributed by atoms with Crippen molar-refractivity contribution in [2.45, 2.75) is 0 Å². The Morgan fingerprint density at radius 3 is 2.04 bits per heavy atom. The van der Waals surface area contributed by atoms with E-state index in [2.05, 4.69) is 78.9 Å². The second-order valence-electron chi connectivity index (χ2n) is 11.6. The summed E-state index contributed by atoms with van der Waals surface area (Å²) >= 11 is 0.268. The summed E-state index contributed by atoms with van der Waals surface area (Å²) in [5.41, 5.74) is 4.49. The number of benzene rings is 7. The van der Waals surface area contributed by atoms with Gasteiger partial charge in [0.1, 0.15) is 5.58 Å². The molecule has 0 spiro atoms. The van der Waals surface area contributed by atoms with Crippen molar-refractivity contribution in [3.63, 3.8) is 0 Å². The molecule has 0 saturated carbocycles. The number of furan rings is 1. The summed E-state index contributed by atoms with van der Waals surface area (Å²) in [7, 11) is 0. The summed E-state index contributed by atoms with van der Waals surface area (Å²) in [4.78, 5) is 15.2. The van der Waals surface area contributed by atoms with E-state index in [-0.39, 0.29) is 14.5 Å². The van der Waals surface area contributed by atoms with Gasteiger partial charge in [0, 0.05) is 0 Å². The first-order valence-electron chi connectivity index (χ1n) is 15.3. The van der Waals surface area contributed by atoms with Crippen LogP contribution in [0.4, 0.5) is 0 Å². The fraction of sp³-hybridized carbons (Fsp3) is 0. The Balaban J connectivity index is 1.21. The third-order valence-corrected chi connectivity index (χ3v) is 11.4. The average molecular weight is 653 g/mol. The standard InChI is InChI=1S/C41H23N3OSe/c1-2-9-25(10-3-1)39-42-40(44-41(43-39)32-13-8-15-34-37(32)31-12-4-6-14-33(31)45-34)27-20-21-28-26(23-27)18-17-24-19-22-30-29-11-5-7-16-35(29)46-38(30)36(24)28/h1-23H. The van der Waals surface area contributed by atoms with Crippen molar-refractivity contribution in [1.82, 2.24) is 15.0 Å². The predicted molar refractivity (Wildman–Crippen MR) is 190 cm³/mol. The zero-order chi connectivity index (χ0) is 30.2. The van der Waals surface area contributed by atoms with Gasteiger partial charge in [0.15, 0.2) is 0 Å². The summed E-state index contributed by atoms with van der Waals surface area (Å²) in [6.45, 7) is 0. The first-order valence-corrected chi connectivity index (χ1v) is 17.0. The van der Waals surface area contributed by atoms with E-state index in [1.165, 1.54) is 40.8 Å². The van der Waals surface area contributed by atoms with Gasteiger partial charge in [-0.15, -0.1) is 0 Å². The van der Waals surface area contributed by atoms with Crippen LogP contribution in [0.2, 0.25) is 0 Å². The first-order chi connectivity index (χ1) is 22.8. The van der Waals surface area contributed by atoms with Crippen molar-refractivity contribution in [2.24, 2.45) is 0 Å². The topological polar surface area (TPSA) is 51.8 Å². The molecule has 0 amide bonds.